The van der Waals surface area contributed by atoms with Crippen LogP contribution in [0.15, 0.2) is 0 Å². The minimum absolute atomic E-state index is 0.0924. The average molecular weight is 280 g/mol. The first-order chi connectivity index (χ1) is 8.39. The van der Waals surface area contributed by atoms with Crippen molar-refractivity contribution in [1.29, 1.82) is 0 Å². The summed E-state index contributed by atoms with van der Waals surface area (Å²) in [7, 11) is 0. The van der Waals surface area contributed by atoms with Crippen LogP contribution in [0.2, 0.25) is 0 Å². The maximum atomic E-state index is 12.7. The van der Waals surface area contributed by atoms with Crippen LogP contribution in [0.4, 0.5) is 13.2 Å². The number of likely N-dealkylation sites (tertiary alicyclic amines) is 1. The van der Waals surface area contributed by atoms with Gasteiger partial charge >= 0.3 is 6.18 Å². The number of halogens is 3. The molecular formula is C12H19F3N2O2. The number of rotatable bonds is 3. The summed E-state index contributed by atoms with van der Waals surface area (Å²) in [4.78, 5) is 24.4. The fourth-order valence-corrected chi connectivity index (χ4v) is 1.97. The van der Waals surface area contributed by atoms with Gasteiger partial charge in [0.25, 0.3) is 0 Å². The number of hydrogen-bond acceptors (Lipinski definition) is 2. The van der Waals surface area contributed by atoms with Crippen LogP contribution >= 0.6 is 0 Å². The molecule has 0 aromatic rings. The Morgan fingerprint density at radius 3 is 2.21 bits per heavy atom. The second kappa shape index (κ2) is 4.68. The Hall–Kier alpha value is -1.27. The lowest BCUT2D eigenvalue weighted by molar-refractivity contribution is -0.215. The third-order valence-electron chi connectivity index (χ3n) is 3.78. The van der Waals surface area contributed by atoms with E-state index in [0.29, 0.717) is 6.42 Å². The molecule has 0 saturated carbocycles. The highest BCUT2D eigenvalue weighted by Gasteiger charge is 2.50. The van der Waals surface area contributed by atoms with Gasteiger partial charge in [0, 0.05) is 19.5 Å². The molecule has 0 aliphatic carbocycles. The number of primary amides is 1. The van der Waals surface area contributed by atoms with Gasteiger partial charge in [0.2, 0.25) is 11.8 Å². The third-order valence-corrected chi connectivity index (χ3v) is 3.78. The van der Waals surface area contributed by atoms with E-state index >= 15 is 0 Å². The smallest absolute Gasteiger partial charge is 0.369 e. The number of alkyl halides is 3. The van der Waals surface area contributed by atoms with Gasteiger partial charge in [0.15, 0.2) is 0 Å². The van der Waals surface area contributed by atoms with Crippen LogP contribution < -0.4 is 5.73 Å². The molecule has 1 aliphatic rings. The lowest BCUT2D eigenvalue weighted by Gasteiger charge is -2.29. The Kier molecular flexibility index (Phi) is 3.89. The maximum Gasteiger partial charge on any atom is 0.394 e. The van der Waals surface area contributed by atoms with E-state index in [-0.39, 0.29) is 13.1 Å². The Morgan fingerprint density at radius 2 is 1.84 bits per heavy atom. The summed E-state index contributed by atoms with van der Waals surface area (Å²) in [6.07, 6.45) is -4.67. The zero-order valence-electron chi connectivity index (χ0n) is 11.3. The highest BCUT2D eigenvalue weighted by Crippen LogP contribution is 2.41. The molecule has 2 amide bonds. The molecule has 0 radical (unpaired) electrons. The summed E-state index contributed by atoms with van der Waals surface area (Å²) >= 11 is 0. The van der Waals surface area contributed by atoms with Crippen molar-refractivity contribution in [3.05, 3.63) is 0 Å². The van der Waals surface area contributed by atoms with Gasteiger partial charge in [-0.25, -0.2) is 0 Å². The molecule has 1 atom stereocenters. The van der Waals surface area contributed by atoms with Gasteiger partial charge in [0.05, 0.1) is 10.8 Å². The first-order valence-electron chi connectivity index (χ1n) is 6.03. The Morgan fingerprint density at radius 1 is 1.32 bits per heavy atom. The molecular weight excluding hydrogens is 261 g/mol. The van der Waals surface area contributed by atoms with Gasteiger partial charge in [-0.15, -0.1) is 0 Å². The molecule has 1 aliphatic heterocycles. The monoisotopic (exact) mass is 280 g/mol. The van der Waals surface area contributed by atoms with E-state index in [2.05, 4.69) is 0 Å². The molecule has 1 rings (SSSR count). The zero-order chi connectivity index (χ0) is 15.1. The summed E-state index contributed by atoms with van der Waals surface area (Å²) in [6.45, 7) is 3.97. The van der Waals surface area contributed by atoms with E-state index in [9.17, 15) is 22.8 Å². The third kappa shape index (κ3) is 3.19. The highest BCUT2D eigenvalue weighted by molar-refractivity contribution is 5.83. The maximum absolute atomic E-state index is 12.7. The molecule has 7 heteroatoms. The van der Waals surface area contributed by atoms with Crippen molar-refractivity contribution in [1.82, 2.24) is 4.90 Å². The Balaban J connectivity index is 2.70. The second-order valence-electron chi connectivity index (χ2n) is 6.05. The summed E-state index contributed by atoms with van der Waals surface area (Å²) in [5.41, 5.74) is 2.33. The lowest BCUT2D eigenvalue weighted by atomic mass is 9.87. The topological polar surface area (TPSA) is 63.4 Å². The van der Waals surface area contributed by atoms with Crippen LogP contribution in [-0.4, -0.2) is 36.0 Å². The van der Waals surface area contributed by atoms with Gasteiger partial charge in [-0.05, 0) is 13.3 Å². The molecule has 1 unspecified atom stereocenters. The fourth-order valence-electron chi connectivity index (χ4n) is 1.97. The highest BCUT2D eigenvalue weighted by atomic mass is 19.4. The predicted molar refractivity (Wildman–Crippen MR) is 63.0 cm³/mol. The largest absolute Gasteiger partial charge is 0.394 e. The minimum Gasteiger partial charge on any atom is -0.369 e. The lowest BCUT2D eigenvalue weighted by Crippen LogP contribution is -2.42. The predicted octanol–water partition coefficient (Wildman–Crippen LogP) is 1.69. The Labute approximate surface area is 110 Å². The van der Waals surface area contributed by atoms with Crippen molar-refractivity contribution in [3.63, 3.8) is 0 Å². The molecule has 4 nitrogen and oxygen atoms in total. The molecule has 2 N–H and O–H groups in total. The number of amides is 2. The van der Waals surface area contributed by atoms with Crippen molar-refractivity contribution < 1.29 is 22.8 Å². The van der Waals surface area contributed by atoms with Crippen molar-refractivity contribution in [2.75, 3.05) is 13.1 Å². The molecule has 1 heterocycles. The van der Waals surface area contributed by atoms with Gasteiger partial charge in [-0.3, -0.25) is 9.59 Å². The SMILES string of the molecule is CC1(C(N)=O)CCN(C(=O)CC(C)(C)C(F)(F)F)C1. The van der Waals surface area contributed by atoms with Crippen LogP contribution in [0.3, 0.4) is 0 Å². The molecule has 1 fully saturated rings. The molecule has 0 spiro atoms. The first-order valence-corrected chi connectivity index (χ1v) is 6.03. The van der Waals surface area contributed by atoms with E-state index < -0.39 is 35.2 Å². The van der Waals surface area contributed by atoms with Gasteiger partial charge < -0.3 is 10.6 Å². The van der Waals surface area contributed by atoms with Crippen LogP contribution in [0.5, 0.6) is 0 Å². The van der Waals surface area contributed by atoms with Gasteiger partial charge in [-0.2, -0.15) is 13.2 Å². The molecule has 0 aromatic heterocycles. The molecule has 19 heavy (non-hydrogen) atoms. The number of carbonyl (C=O) groups is 2. The number of carbonyl (C=O) groups excluding carboxylic acids is 2. The molecule has 0 aromatic carbocycles. The summed E-state index contributed by atoms with van der Waals surface area (Å²) in [5.74, 6) is -1.12. The summed E-state index contributed by atoms with van der Waals surface area (Å²) in [6, 6.07) is 0. The van der Waals surface area contributed by atoms with Crippen LogP contribution in [0, 0.1) is 10.8 Å². The average Bonchev–Trinajstić information content (AvgIpc) is 2.60. The molecule has 1 saturated heterocycles. The van der Waals surface area contributed by atoms with Crippen molar-refractivity contribution in [2.45, 2.75) is 39.8 Å². The van der Waals surface area contributed by atoms with Crippen molar-refractivity contribution in [3.8, 4) is 0 Å². The summed E-state index contributed by atoms with van der Waals surface area (Å²) < 4.78 is 38.1. The Bertz CT molecular complexity index is 393. The standard InChI is InChI=1S/C12H19F3N2O2/c1-10(2,12(13,14)15)6-8(18)17-5-4-11(3,7-17)9(16)19/h4-7H2,1-3H3,(H2,16,19). The second-order valence-corrected chi connectivity index (χ2v) is 6.05. The van der Waals surface area contributed by atoms with Gasteiger partial charge in [0.1, 0.15) is 0 Å². The van der Waals surface area contributed by atoms with E-state index in [4.69, 9.17) is 5.73 Å². The van der Waals surface area contributed by atoms with Crippen molar-refractivity contribution in [2.24, 2.45) is 16.6 Å². The van der Waals surface area contributed by atoms with E-state index in [0.717, 1.165) is 13.8 Å². The van der Waals surface area contributed by atoms with Crippen LogP contribution in [0.25, 0.3) is 0 Å². The van der Waals surface area contributed by atoms with E-state index in [1.54, 1.807) is 6.92 Å². The quantitative estimate of drug-likeness (QED) is 0.855. The van der Waals surface area contributed by atoms with Crippen LogP contribution in [0.1, 0.15) is 33.6 Å². The van der Waals surface area contributed by atoms with E-state index in [1.807, 2.05) is 0 Å². The van der Waals surface area contributed by atoms with Crippen molar-refractivity contribution >= 4 is 11.8 Å². The summed E-state index contributed by atoms with van der Waals surface area (Å²) in [5, 5.41) is 0. The van der Waals surface area contributed by atoms with Gasteiger partial charge in [-0.1, -0.05) is 13.8 Å². The zero-order valence-corrected chi connectivity index (χ0v) is 11.3. The molecule has 0 bridgehead atoms. The van der Waals surface area contributed by atoms with Crippen LogP contribution in [-0.2, 0) is 9.59 Å². The van der Waals surface area contributed by atoms with E-state index in [1.165, 1.54) is 4.90 Å². The minimum atomic E-state index is -4.44. The number of nitrogens with zero attached hydrogens (tertiary/aromatic N) is 1. The number of hydrogen-bond donors (Lipinski definition) is 1. The normalized spacial score (nSPS) is 24.6. The number of nitrogens with two attached hydrogens (primary N) is 1. The first kappa shape index (κ1) is 15.8. The molecule has 110 valence electrons. The fraction of sp³-hybridized carbons (Fsp3) is 0.833.